The average Bonchev–Trinajstić information content (AvgIpc) is 2.48. The SMILES string of the molecule is CCS(=O)(=O)C1CSCCN1c1ccc(CNC)cc1Cl. The molecule has 0 saturated carbocycles. The van der Waals surface area contributed by atoms with E-state index in [1.807, 2.05) is 30.1 Å². The topological polar surface area (TPSA) is 49.4 Å². The second-order valence-corrected chi connectivity index (χ2v) is 8.99. The fourth-order valence-electron chi connectivity index (χ4n) is 2.44. The molecule has 1 aliphatic rings. The van der Waals surface area contributed by atoms with E-state index in [9.17, 15) is 8.42 Å². The van der Waals surface area contributed by atoms with Gasteiger partial charge in [0.15, 0.2) is 9.84 Å². The maximum absolute atomic E-state index is 12.3. The average molecular weight is 349 g/mol. The molecule has 1 saturated heterocycles. The summed E-state index contributed by atoms with van der Waals surface area (Å²) < 4.78 is 24.6. The third-order valence-electron chi connectivity index (χ3n) is 3.60. The number of hydrogen-bond donors (Lipinski definition) is 1. The number of anilines is 1. The molecule has 118 valence electrons. The van der Waals surface area contributed by atoms with E-state index in [1.54, 1.807) is 18.7 Å². The van der Waals surface area contributed by atoms with Crippen molar-refractivity contribution in [2.24, 2.45) is 0 Å². The Balaban J connectivity index is 2.34. The van der Waals surface area contributed by atoms with Gasteiger partial charge in [-0.25, -0.2) is 8.42 Å². The molecule has 0 spiro atoms. The summed E-state index contributed by atoms with van der Waals surface area (Å²) in [6.07, 6.45) is 0. The van der Waals surface area contributed by atoms with Crippen LogP contribution in [0.4, 0.5) is 5.69 Å². The monoisotopic (exact) mass is 348 g/mol. The molecule has 0 aromatic heterocycles. The Bertz CT molecular complexity index is 593. The molecule has 1 aliphatic heterocycles. The Hall–Kier alpha value is -0.430. The predicted molar refractivity (Wildman–Crippen MR) is 92.1 cm³/mol. The number of thioether (sulfide) groups is 1. The van der Waals surface area contributed by atoms with E-state index in [4.69, 9.17) is 11.6 Å². The fraction of sp³-hybridized carbons (Fsp3) is 0.571. The minimum atomic E-state index is -3.12. The molecule has 4 nitrogen and oxygen atoms in total. The zero-order valence-electron chi connectivity index (χ0n) is 12.3. The van der Waals surface area contributed by atoms with Crippen LogP contribution in [0.5, 0.6) is 0 Å². The predicted octanol–water partition coefficient (Wildman–Crippen LogP) is 2.37. The van der Waals surface area contributed by atoms with E-state index in [2.05, 4.69) is 5.32 Å². The van der Waals surface area contributed by atoms with E-state index in [0.717, 1.165) is 23.5 Å². The van der Waals surface area contributed by atoms with Gasteiger partial charge in [-0.1, -0.05) is 24.6 Å². The smallest absolute Gasteiger partial charge is 0.171 e. The maximum Gasteiger partial charge on any atom is 0.171 e. The quantitative estimate of drug-likeness (QED) is 0.885. The summed E-state index contributed by atoms with van der Waals surface area (Å²) in [7, 11) is -1.24. The van der Waals surface area contributed by atoms with Crippen LogP contribution >= 0.6 is 23.4 Å². The van der Waals surface area contributed by atoms with Crippen molar-refractivity contribution in [1.82, 2.24) is 5.32 Å². The molecular weight excluding hydrogens is 328 g/mol. The normalized spacial score (nSPS) is 19.8. The highest BCUT2D eigenvalue weighted by molar-refractivity contribution is 8.01. The Labute approximate surface area is 136 Å². The molecule has 1 unspecified atom stereocenters. The second-order valence-electron chi connectivity index (χ2n) is 4.99. The van der Waals surface area contributed by atoms with Crippen molar-refractivity contribution in [3.05, 3.63) is 28.8 Å². The van der Waals surface area contributed by atoms with Gasteiger partial charge in [-0.3, -0.25) is 0 Å². The molecule has 0 amide bonds. The molecule has 1 heterocycles. The highest BCUT2D eigenvalue weighted by atomic mass is 35.5. The first-order valence-corrected chi connectivity index (χ1v) is 10.2. The first kappa shape index (κ1) is 16.9. The molecule has 2 rings (SSSR count). The zero-order valence-corrected chi connectivity index (χ0v) is 14.7. The molecular formula is C14H21ClN2O2S2. The van der Waals surface area contributed by atoms with Crippen LogP contribution in [0.15, 0.2) is 18.2 Å². The standard InChI is InChI=1S/C14H21ClN2O2S2/c1-3-21(18,19)14-10-20-7-6-17(14)13-5-4-11(9-16-2)8-12(13)15/h4-5,8,14,16H,3,6-7,9-10H2,1-2H3. The summed E-state index contributed by atoms with van der Waals surface area (Å²) >= 11 is 8.07. The van der Waals surface area contributed by atoms with Gasteiger partial charge >= 0.3 is 0 Å². The van der Waals surface area contributed by atoms with Crippen molar-refractivity contribution in [3.8, 4) is 0 Å². The van der Waals surface area contributed by atoms with Crippen LogP contribution in [-0.4, -0.2) is 44.6 Å². The lowest BCUT2D eigenvalue weighted by Gasteiger charge is -2.37. The Morgan fingerprint density at radius 1 is 1.48 bits per heavy atom. The van der Waals surface area contributed by atoms with Crippen LogP contribution in [0, 0.1) is 0 Å². The van der Waals surface area contributed by atoms with Gasteiger partial charge in [-0.15, -0.1) is 0 Å². The van der Waals surface area contributed by atoms with E-state index in [-0.39, 0.29) is 5.75 Å². The summed E-state index contributed by atoms with van der Waals surface area (Å²) in [5.41, 5.74) is 1.91. The molecule has 1 fully saturated rings. The van der Waals surface area contributed by atoms with Crippen LogP contribution in [0.3, 0.4) is 0 Å². The first-order chi connectivity index (χ1) is 9.99. The number of hydrogen-bond acceptors (Lipinski definition) is 5. The van der Waals surface area contributed by atoms with E-state index in [1.165, 1.54) is 0 Å². The van der Waals surface area contributed by atoms with Crippen LogP contribution < -0.4 is 10.2 Å². The van der Waals surface area contributed by atoms with Gasteiger partial charge in [0, 0.05) is 30.3 Å². The number of benzene rings is 1. The number of sulfone groups is 1. The molecule has 21 heavy (non-hydrogen) atoms. The van der Waals surface area contributed by atoms with Gasteiger partial charge in [-0.05, 0) is 24.7 Å². The van der Waals surface area contributed by atoms with Crippen molar-refractivity contribution in [2.45, 2.75) is 18.8 Å². The Morgan fingerprint density at radius 3 is 2.86 bits per heavy atom. The van der Waals surface area contributed by atoms with Crippen LogP contribution in [0.2, 0.25) is 5.02 Å². The van der Waals surface area contributed by atoms with E-state index in [0.29, 0.717) is 17.3 Å². The highest BCUT2D eigenvalue weighted by Crippen LogP contribution is 2.33. The third-order valence-corrected chi connectivity index (χ3v) is 7.20. The summed E-state index contributed by atoms with van der Waals surface area (Å²) in [6, 6.07) is 5.84. The minimum absolute atomic E-state index is 0.157. The van der Waals surface area contributed by atoms with Crippen molar-refractivity contribution >= 4 is 38.9 Å². The van der Waals surface area contributed by atoms with Crippen LogP contribution in [0.25, 0.3) is 0 Å². The summed E-state index contributed by atoms with van der Waals surface area (Å²) in [5, 5.41) is 3.22. The van der Waals surface area contributed by atoms with Crippen molar-refractivity contribution < 1.29 is 8.42 Å². The summed E-state index contributed by atoms with van der Waals surface area (Å²) in [6.45, 7) is 3.15. The zero-order chi connectivity index (χ0) is 15.5. The lowest BCUT2D eigenvalue weighted by molar-refractivity contribution is 0.579. The van der Waals surface area contributed by atoms with Gasteiger partial charge in [-0.2, -0.15) is 11.8 Å². The van der Waals surface area contributed by atoms with E-state index >= 15 is 0 Å². The van der Waals surface area contributed by atoms with Gasteiger partial charge in [0.2, 0.25) is 0 Å². The minimum Gasteiger partial charge on any atom is -0.352 e. The van der Waals surface area contributed by atoms with Gasteiger partial charge in [0.05, 0.1) is 10.7 Å². The number of nitrogens with zero attached hydrogens (tertiary/aromatic N) is 1. The molecule has 0 aliphatic carbocycles. The van der Waals surface area contributed by atoms with Crippen molar-refractivity contribution in [3.63, 3.8) is 0 Å². The van der Waals surface area contributed by atoms with Gasteiger partial charge in [0.25, 0.3) is 0 Å². The molecule has 1 aromatic carbocycles. The number of rotatable bonds is 5. The summed E-state index contributed by atoms with van der Waals surface area (Å²) in [5.74, 6) is 1.68. The number of nitrogens with one attached hydrogen (secondary N) is 1. The van der Waals surface area contributed by atoms with Gasteiger partial charge in [0.1, 0.15) is 5.37 Å². The van der Waals surface area contributed by atoms with Gasteiger partial charge < -0.3 is 10.2 Å². The van der Waals surface area contributed by atoms with Crippen molar-refractivity contribution in [2.75, 3.05) is 35.8 Å². The molecule has 1 aromatic rings. The molecule has 1 atom stereocenters. The Kier molecular flexibility index (Phi) is 5.82. The van der Waals surface area contributed by atoms with Crippen LogP contribution in [-0.2, 0) is 16.4 Å². The Morgan fingerprint density at radius 2 is 2.24 bits per heavy atom. The van der Waals surface area contributed by atoms with Crippen LogP contribution in [0.1, 0.15) is 12.5 Å². The van der Waals surface area contributed by atoms with E-state index < -0.39 is 15.2 Å². The summed E-state index contributed by atoms with van der Waals surface area (Å²) in [4.78, 5) is 1.95. The molecule has 0 bridgehead atoms. The molecule has 1 N–H and O–H groups in total. The number of halogens is 1. The largest absolute Gasteiger partial charge is 0.352 e. The lowest BCUT2D eigenvalue weighted by Crippen LogP contribution is -2.48. The lowest BCUT2D eigenvalue weighted by atomic mass is 10.2. The first-order valence-electron chi connectivity index (χ1n) is 6.98. The third kappa shape index (κ3) is 3.86. The molecule has 7 heteroatoms. The molecule has 0 radical (unpaired) electrons. The highest BCUT2D eigenvalue weighted by Gasteiger charge is 2.33. The van der Waals surface area contributed by atoms with Crippen molar-refractivity contribution in [1.29, 1.82) is 0 Å². The maximum atomic E-state index is 12.3. The second kappa shape index (κ2) is 7.22. The fourth-order valence-corrected chi connectivity index (χ4v) is 5.74.